The molecular weight excluding hydrogens is 314 g/mol. The van der Waals surface area contributed by atoms with Crippen molar-refractivity contribution in [2.24, 2.45) is 0 Å². The van der Waals surface area contributed by atoms with E-state index in [4.69, 9.17) is 0 Å². The number of hydrogen-bond acceptors (Lipinski definition) is 7. The highest BCUT2D eigenvalue weighted by atomic mass is 32.2. The van der Waals surface area contributed by atoms with Crippen LogP contribution in [0.15, 0.2) is 36.7 Å². The van der Waals surface area contributed by atoms with Crippen LogP contribution < -0.4 is 10.2 Å². The summed E-state index contributed by atoms with van der Waals surface area (Å²) in [6.45, 7) is 0.534. The zero-order valence-corrected chi connectivity index (χ0v) is 13.7. The maximum Gasteiger partial charge on any atom is 0.224 e. The number of sulfone groups is 1. The van der Waals surface area contributed by atoms with Gasteiger partial charge in [-0.2, -0.15) is 4.98 Å². The van der Waals surface area contributed by atoms with E-state index < -0.39 is 9.84 Å². The second-order valence-electron chi connectivity index (χ2n) is 5.58. The van der Waals surface area contributed by atoms with Gasteiger partial charge in [-0.05, 0) is 24.6 Å². The Balaban J connectivity index is 1.67. The first-order chi connectivity index (χ1) is 11.0. The van der Waals surface area contributed by atoms with E-state index in [1.165, 1.54) is 0 Å². The number of anilines is 2. The molecule has 0 aromatic carbocycles. The van der Waals surface area contributed by atoms with E-state index in [-0.39, 0.29) is 17.5 Å². The van der Waals surface area contributed by atoms with Gasteiger partial charge < -0.3 is 10.2 Å². The molecule has 1 atom stereocenters. The Morgan fingerprint density at radius 1 is 1.26 bits per heavy atom. The number of aromatic nitrogens is 3. The molecule has 1 aliphatic heterocycles. The Hall–Kier alpha value is -2.22. The van der Waals surface area contributed by atoms with E-state index in [1.807, 2.05) is 30.1 Å². The zero-order valence-electron chi connectivity index (χ0n) is 12.9. The normalized spacial score (nSPS) is 19.4. The maximum absolute atomic E-state index is 11.6. The largest absolute Gasteiger partial charge is 0.355 e. The van der Waals surface area contributed by atoms with Gasteiger partial charge >= 0.3 is 0 Å². The van der Waals surface area contributed by atoms with E-state index in [0.29, 0.717) is 24.7 Å². The van der Waals surface area contributed by atoms with Crippen LogP contribution >= 0.6 is 0 Å². The molecule has 3 heterocycles. The van der Waals surface area contributed by atoms with Crippen LogP contribution in [0.2, 0.25) is 0 Å². The van der Waals surface area contributed by atoms with Crippen molar-refractivity contribution in [1.29, 1.82) is 0 Å². The zero-order chi connectivity index (χ0) is 16.3. The fourth-order valence-corrected chi connectivity index (χ4v) is 4.35. The fraction of sp³-hybridized carbons (Fsp3) is 0.400. The molecule has 1 saturated heterocycles. The van der Waals surface area contributed by atoms with Crippen LogP contribution in [0.5, 0.6) is 0 Å². The van der Waals surface area contributed by atoms with Crippen molar-refractivity contribution in [1.82, 2.24) is 15.0 Å². The van der Waals surface area contributed by atoms with E-state index in [1.54, 1.807) is 18.5 Å². The summed E-state index contributed by atoms with van der Waals surface area (Å²) in [4.78, 5) is 14.8. The number of rotatable bonds is 5. The number of pyridine rings is 1. The van der Waals surface area contributed by atoms with Crippen LogP contribution in [-0.2, 0) is 16.4 Å². The average molecular weight is 333 g/mol. The third-order valence-electron chi connectivity index (χ3n) is 3.91. The maximum atomic E-state index is 11.6. The lowest BCUT2D eigenvalue weighted by Gasteiger charge is -2.24. The topological polar surface area (TPSA) is 88.1 Å². The van der Waals surface area contributed by atoms with Crippen molar-refractivity contribution in [3.8, 4) is 0 Å². The lowest BCUT2D eigenvalue weighted by molar-refractivity contribution is 0.600. The van der Waals surface area contributed by atoms with Crippen molar-refractivity contribution in [2.45, 2.75) is 19.0 Å². The Morgan fingerprint density at radius 3 is 2.83 bits per heavy atom. The van der Waals surface area contributed by atoms with Crippen LogP contribution in [0.25, 0.3) is 0 Å². The average Bonchev–Trinajstić information content (AvgIpc) is 2.93. The highest BCUT2D eigenvalue weighted by molar-refractivity contribution is 7.91. The van der Waals surface area contributed by atoms with Gasteiger partial charge in [0.2, 0.25) is 5.95 Å². The standard InChI is InChI=1S/C15H19N5O2S/c1-20(13-6-9-23(21,22)11-13)14-5-8-17-15(19-14)18-10-12-4-2-3-7-16-12/h2-5,7-8,13H,6,9-11H2,1H3,(H,17,18,19). The molecule has 23 heavy (non-hydrogen) atoms. The fourth-order valence-electron chi connectivity index (χ4n) is 2.57. The summed E-state index contributed by atoms with van der Waals surface area (Å²) in [5, 5.41) is 3.13. The van der Waals surface area contributed by atoms with Crippen LogP contribution in [0.4, 0.5) is 11.8 Å². The first-order valence-electron chi connectivity index (χ1n) is 7.43. The molecular formula is C15H19N5O2S. The van der Waals surface area contributed by atoms with Gasteiger partial charge in [-0.25, -0.2) is 13.4 Å². The number of nitrogens with one attached hydrogen (secondary N) is 1. The first-order valence-corrected chi connectivity index (χ1v) is 9.26. The monoisotopic (exact) mass is 333 g/mol. The molecule has 1 unspecified atom stereocenters. The second kappa shape index (κ2) is 6.49. The molecule has 0 aliphatic carbocycles. The molecule has 7 nitrogen and oxygen atoms in total. The van der Waals surface area contributed by atoms with Gasteiger partial charge in [0.05, 0.1) is 23.7 Å². The molecule has 122 valence electrons. The van der Waals surface area contributed by atoms with Crippen molar-refractivity contribution < 1.29 is 8.42 Å². The second-order valence-corrected chi connectivity index (χ2v) is 7.81. The Bertz CT molecular complexity index is 766. The molecule has 2 aromatic heterocycles. The molecule has 1 fully saturated rings. The van der Waals surface area contributed by atoms with Crippen molar-refractivity contribution in [3.63, 3.8) is 0 Å². The minimum Gasteiger partial charge on any atom is -0.355 e. The molecule has 2 aromatic rings. The van der Waals surface area contributed by atoms with Gasteiger partial charge in [0.1, 0.15) is 5.82 Å². The molecule has 0 saturated carbocycles. The first kappa shape index (κ1) is 15.7. The van der Waals surface area contributed by atoms with Gasteiger partial charge in [-0.15, -0.1) is 0 Å². The molecule has 0 radical (unpaired) electrons. The lowest BCUT2D eigenvalue weighted by atomic mass is 10.2. The van der Waals surface area contributed by atoms with Gasteiger partial charge in [-0.3, -0.25) is 4.98 Å². The van der Waals surface area contributed by atoms with Crippen LogP contribution in [0.3, 0.4) is 0 Å². The Kier molecular flexibility index (Phi) is 4.42. The van der Waals surface area contributed by atoms with Crippen LogP contribution in [0, 0.1) is 0 Å². The number of nitrogens with zero attached hydrogens (tertiary/aromatic N) is 4. The summed E-state index contributed by atoms with van der Waals surface area (Å²) < 4.78 is 23.2. The molecule has 1 N–H and O–H groups in total. The van der Waals surface area contributed by atoms with E-state index in [0.717, 1.165) is 5.69 Å². The molecule has 8 heteroatoms. The molecule has 0 spiro atoms. The van der Waals surface area contributed by atoms with Gasteiger partial charge in [0.15, 0.2) is 9.84 Å². The third kappa shape index (κ3) is 3.95. The van der Waals surface area contributed by atoms with Crippen molar-refractivity contribution >= 4 is 21.6 Å². The van der Waals surface area contributed by atoms with Crippen LogP contribution in [0.1, 0.15) is 12.1 Å². The highest BCUT2D eigenvalue weighted by Gasteiger charge is 2.31. The van der Waals surface area contributed by atoms with Gasteiger partial charge in [0.25, 0.3) is 0 Å². The molecule has 1 aliphatic rings. The molecule has 3 rings (SSSR count). The smallest absolute Gasteiger partial charge is 0.224 e. The highest BCUT2D eigenvalue weighted by Crippen LogP contribution is 2.21. The summed E-state index contributed by atoms with van der Waals surface area (Å²) in [5.41, 5.74) is 0.900. The Morgan fingerprint density at radius 2 is 2.13 bits per heavy atom. The quantitative estimate of drug-likeness (QED) is 0.876. The van der Waals surface area contributed by atoms with Crippen LogP contribution in [-0.4, -0.2) is 48.0 Å². The van der Waals surface area contributed by atoms with E-state index in [9.17, 15) is 8.42 Å². The lowest BCUT2D eigenvalue weighted by Crippen LogP contribution is -2.33. The van der Waals surface area contributed by atoms with Gasteiger partial charge in [-0.1, -0.05) is 6.07 Å². The SMILES string of the molecule is CN(c1ccnc(NCc2ccccn2)n1)C1CCS(=O)(=O)C1. The molecule has 0 amide bonds. The third-order valence-corrected chi connectivity index (χ3v) is 5.66. The summed E-state index contributed by atoms with van der Waals surface area (Å²) in [7, 11) is -1.04. The van der Waals surface area contributed by atoms with Crippen molar-refractivity contribution in [2.75, 3.05) is 28.8 Å². The summed E-state index contributed by atoms with van der Waals surface area (Å²) in [6, 6.07) is 7.47. The number of hydrogen-bond donors (Lipinski definition) is 1. The van der Waals surface area contributed by atoms with Gasteiger partial charge in [0, 0.05) is 25.5 Å². The minimum absolute atomic E-state index is 0.0291. The minimum atomic E-state index is -2.91. The van der Waals surface area contributed by atoms with E-state index >= 15 is 0 Å². The van der Waals surface area contributed by atoms with Crippen molar-refractivity contribution in [3.05, 3.63) is 42.4 Å². The summed E-state index contributed by atoms with van der Waals surface area (Å²) >= 11 is 0. The Labute approximate surface area is 135 Å². The summed E-state index contributed by atoms with van der Waals surface area (Å²) in [6.07, 6.45) is 4.05. The predicted octanol–water partition coefficient (Wildman–Crippen LogP) is 1.11. The molecule has 0 bridgehead atoms. The predicted molar refractivity (Wildman–Crippen MR) is 89.1 cm³/mol. The summed E-state index contributed by atoms with van der Waals surface area (Å²) in [5.74, 6) is 1.65. The van der Waals surface area contributed by atoms with E-state index in [2.05, 4.69) is 20.3 Å².